The van der Waals surface area contributed by atoms with E-state index in [1.54, 1.807) is 18.3 Å². The van der Waals surface area contributed by atoms with Crippen LogP contribution in [-0.2, 0) is 4.74 Å². The summed E-state index contributed by atoms with van der Waals surface area (Å²) in [5.74, 6) is -0.500. The van der Waals surface area contributed by atoms with Crippen LogP contribution >= 0.6 is 11.3 Å². The molecule has 0 aliphatic heterocycles. The fourth-order valence-corrected chi connectivity index (χ4v) is 4.38. The molecule has 1 N–H and O–H groups in total. The van der Waals surface area contributed by atoms with Crippen LogP contribution in [0.3, 0.4) is 0 Å². The number of ether oxygens (including phenoxy) is 3. The third-order valence-corrected chi connectivity index (χ3v) is 5.96. The lowest BCUT2D eigenvalue weighted by atomic mass is 10.1. The van der Waals surface area contributed by atoms with E-state index in [0.29, 0.717) is 22.4 Å². The summed E-state index contributed by atoms with van der Waals surface area (Å²) in [7, 11) is 4.33. The van der Waals surface area contributed by atoms with E-state index < -0.39 is 17.7 Å². The quantitative estimate of drug-likeness (QED) is 0.455. The third kappa shape index (κ3) is 3.64. The number of hydrogen-bond donors (Lipinski definition) is 1. The number of pyridine rings is 1. The standard InChI is InChI=1S/C22H17FN2O5S/c1-28-16-8-13-15(9-17(16)29-2)24-10-14-18(20(22(27)30-3)31-19(13)14)25-21(26)11-4-6-12(23)7-5-11/h4-10H,1-3H3,(H,25,26). The molecule has 0 radical (unpaired) electrons. The second kappa shape index (κ2) is 8.19. The Morgan fingerprint density at radius 3 is 2.32 bits per heavy atom. The Bertz CT molecular complexity index is 1320. The molecular weight excluding hydrogens is 423 g/mol. The van der Waals surface area contributed by atoms with Crippen LogP contribution < -0.4 is 14.8 Å². The van der Waals surface area contributed by atoms with Gasteiger partial charge in [-0.3, -0.25) is 9.78 Å². The van der Waals surface area contributed by atoms with Crippen molar-refractivity contribution < 1.29 is 28.2 Å². The highest BCUT2D eigenvalue weighted by Crippen LogP contribution is 2.42. The van der Waals surface area contributed by atoms with Crippen molar-refractivity contribution in [1.29, 1.82) is 0 Å². The predicted molar refractivity (Wildman–Crippen MR) is 116 cm³/mol. The first-order valence-electron chi connectivity index (χ1n) is 9.09. The molecule has 0 bridgehead atoms. The topological polar surface area (TPSA) is 86.8 Å². The van der Waals surface area contributed by atoms with E-state index in [2.05, 4.69) is 10.3 Å². The second-order valence-corrected chi connectivity index (χ2v) is 7.50. The lowest BCUT2D eigenvalue weighted by Gasteiger charge is -2.09. The molecule has 2 heterocycles. The number of thiophene rings is 1. The Balaban J connectivity index is 1.90. The fourth-order valence-electron chi connectivity index (χ4n) is 3.21. The number of nitrogens with zero attached hydrogens (tertiary/aromatic N) is 1. The monoisotopic (exact) mass is 440 g/mol. The summed E-state index contributed by atoms with van der Waals surface area (Å²) in [6.45, 7) is 0. The SMILES string of the molecule is COC(=O)c1sc2c(cnc3cc(OC)c(OC)cc32)c1NC(=O)c1ccc(F)cc1. The van der Waals surface area contributed by atoms with Crippen LogP contribution in [0.5, 0.6) is 11.5 Å². The van der Waals surface area contributed by atoms with Crippen LogP contribution in [0.25, 0.3) is 21.0 Å². The molecule has 4 rings (SSSR count). The van der Waals surface area contributed by atoms with Crippen LogP contribution in [0, 0.1) is 5.82 Å². The van der Waals surface area contributed by atoms with Gasteiger partial charge in [0.15, 0.2) is 11.5 Å². The van der Waals surface area contributed by atoms with Gasteiger partial charge < -0.3 is 19.5 Å². The van der Waals surface area contributed by atoms with E-state index in [1.807, 2.05) is 0 Å². The van der Waals surface area contributed by atoms with Crippen molar-refractivity contribution in [3.63, 3.8) is 0 Å². The first kappa shape index (κ1) is 20.5. The molecule has 0 saturated heterocycles. The number of hydrogen-bond acceptors (Lipinski definition) is 7. The molecule has 7 nitrogen and oxygen atoms in total. The Morgan fingerprint density at radius 2 is 1.68 bits per heavy atom. The second-order valence-electron chi connectivity index (χ2n) is 6.48. The molecule has 0 atom stereocenters. The zero-order valence-electron chi connectivity index (χ0n) is 16.8. The van der Waals surface area contributed by atoms with Gasteiger partial charge in [-0.1, -0.05) is 0 Å². The molecular formula is C22H17FN2O5S. The summed E-state index contributed by atoms with van der Waals surface area (Å²) in [6.07, 6.45) is 1.58. The van der Waals surface area contributed by atoms with Crippen LogP contribution in [-0.4, -0.2) is 38.2 Å². The van der Waals surface area contributed by atoms with Crippen molar-refractivity contribution in [2.75, 3.05) is 26.6 Å². The molecule has 0 saturated carbocycles. The number of amides is 1. The molecule has 1 amide bonds. The van der Waals surface area contributed by atoms with E-state index >= 15 is 0 Å². The van der Waals surface area contributed by atoms with Crippen LogP contribution in [0.4, 0.5) is 10.1 Å². The summed E-state index contributed by atoms with van der Waals surface area (Å²) in [5.41, 5.74) is 1.17. The first-order valence-corrected chi connectivity index (χ1v) is 9.91. The number of benzene rings is 2. The van der Waals surface area contributed by atoms with Crippen molar-refractivity contribution in [1.82, 2.24) is 4.98 Å². The number of fused-ring (bicyclic) bond motifs is 3. The van der Waals surface area contributed by atoms with Crippen molar-refractivity contribution in [2.45, 2.75) is 0 Å². The Hall–Kier alpha value is -3.72. The number of anilines is 1. The molecule has 0 fully saturated rings. The number of carbonyl (C=O) groups is 2. The van der Waals surface area contributed by atoms with Crippen molar-refractivity contribution in [2.24, 2.45) is 0 Å². The molecule has 0 aliphatic carbocycles. The highest BCUT2D eigenvalue weighted by molar-refractivity contribution is 7.22. The molecule has 158 valence electrons. The van der Waals surface area contributed by atoms with Crippen LogP contribution in [0.1, 0.15) is 20.0 Å². The van der Waals surface area contributed by atoms with E-state index in [1.165, 1.54) is 56.9 Å². The van der Waals surface area contributed by atoms with E-state index in [-0.39, 0.29) is 16.1 Å². The largest absolute Gasteiger partial charge is 0.493 e. The van der Waals surface area contributed by atoms with Crippen LogP contribution in [0.2, 0.25) is 0 Å². The van der Waals surface area contributed by atoms with Gasteiger partial charge in [-0.2, -0.15) is 0 Å². The zero-order chi connectivity index (χ0) is 22.1. The van der Waals surface area contributed by atoms with Crippen LogP contribution in [0.15, 0.2) is 42.6 Å². The lowest BCUT2D eigenvalue weighted by molar-refractivity contribution is 0.0607. The highest BCUT2D eigenvalue weighted by atomic mass is 32.1. The average Bonchev–Trinajstić information content (AvgIpc) is 3.16. The summed E-state index contributed by atoms with van der Waals surface area (Å²) in [5, 5.41) is 4.05. The molecule has 2 aromatic heterocycles. The zero-order valence-corrected chi connectivity index (χ0v) is 17.6. The maximum Gasteiger partial charge on any atom is 0.350 e. The Labute approximate surface area is 180 Å². The number of nitrogens with one attached hydrogen (secondary N) is 1. The Kier molecular flexibility index (Phi) is 5.43. The average molecular weight is 440 g/mol. The fraction of sp³-hybridized carbons (Fsp3) is 0.136. The number of esters is 1. The third-order valence-electron chi connectivity index (χ3n) is 4.74. The molecule has 4 aromatic rings. The van der Waals surface area contributed by atoms with Gasteiger partial charge in [0.25, 0.3) is 5.91 Å². The Morgan fingerprint density at radius 1 is 1.00 bits per heavy atom. The molecule has 2 aromatic carbocycles. The van der Waals surface area contributed by atoms with E-state index in [9.17, 15) is 14.0 Å². The number of methoxy groups -OCH3 is 3. The smallest absolute Gasteiger partial charge is 0.350 e. The minimum absolute atomic E-state index is 0.219. The predicted octanol–water partition coefficient (Wildman–Crippen LogP) is 4.64. The summed E-state index contributed by atoms with van der Waals surface area (Å²) in [4.78, 5) is 29.9. The minimum Gasteiger partial charge on any atom is -0.493 e. The van der Waals surface area contributed by atoms with Gasteiger partial charge in [-0.15, -0.1) is 11.3 Å². The maximum atomic E-state index is 13.2. The van der Waals surface area contributed by atoms with Crippen molar-refractivity contribution in [3.8, 4) is 11.5 Å². The molecule has 9 heteroatoms. The summed E-state index contributed by atoms with van der Waals surface area (Å²) < 4.78 is 29.6. The summed E-state index contributed by atoms with van der Waals surface area (Å²) >= 11 is 1.17. The van der Waals surface area contributed by atoms with E-state index in [4.69, 9.17) is 14.2 Å². The van der Waals surface area contributed by atoms with Gasteiger partial charge in [0.05, 0.1) is 32.5 Å². The normalized spacial score (nSPS) is 10.8. The van der Waals surface area contributed by atoms with Gasteiger partial charge in [-0.05, 0) is 30.3 Å². The molecule has 0 spiro atoms. The van der Waals surface area contributed by atoms with Gasteiger partial charge in [0.1, 0.15) is 10.7 Å². The van der Waals surface area contributed by atoms with Crippen molar-refractivity contribution >= 4 is 49.9 Å². The number of rotatable bonds is 5. The number of aromatic nitrogens is 1. The van der Waals surface area contributed by atoms with E-state index in [0.717, 1.165) is 10.1 Å². The number of carbonyl (C=O) groups excluding carboxylic acids is 2. The molecule has 0 aliphatic rings. The maximum absolute atomic E-state index is 13.2. The van der Waals surface area contributed by atoms with Gasteiger partial charge >= 0.3 is 5.97 Å². The van der Waals surface area contributed by atoms with Gasteiger partial charge in [-0.25, -0.2) is 9.18 Å². The lowest BCUT2D eigenvalue weighted by Crippen LogP contribution is -2.14. The minimum atomic E-state index is -0.593. The van der Waals surface area contributed by atoms with Crippen molar-refractivity contribution in [3.05, 3.63) is 58.9 Å². The molecule has 31 heavy (non-hydrogen) atoms. The molecule has 0 unspecified atom stereocenters. The summed E-state index contributed by atoms with van der Waals surface area (Å²) in [6, 6.07) is 8.62. The number of halogens is 1. The van der Waals surface area contributed by atoms with Gasteiger partial charge in [0.2, 0.25) is 0 Å². The highest BCUT2D eigenvalue weighted by Gasteiger charge is 2.23. The first-order chi connectivity index (χ1) is 15.0. The van der Waals surface area contributed by atoms with Gasteiger partial charge in [0, 0.05) is 33.3 Å².